The van der Waals surface area contributed by atoms with Crippen LogP contribution in [-0.2, 0) is 4.74 Å². The molecular formula is C15H17BrClIN2O4. The summed E-state index contributed by atoms with van der Waals surface area (Å²) in [5.41, 5.74) is 0.418. The number of nitrogens with zero attached hydrogens (tertiary/aromatic N) is 1. The number of carbonyl (C=O) groups excluding carboxylic acids is 1. The molecule has 0 saturated carbocycles. The van der Waals surface area contributed by atoms with Gasteiger partial charge >= 0.3 is 6.09 Å². The first-order valence-electron chi connectivity index (χ1n) is 7.11. The third kappa shape index (κ3) is 4.53. The van der Waals surface area contributed by atoms with Crippen LogP contribution in [0.15, 0.2) is 15.0 Å². The van der Waals surface area contributed by atoms with Crippen molar-refractivity contribution in [1.29, 1.82) is 0 Å². The first kappa shape index (κ1) is 19.7. The molecule has 2 N–H and O–H groups in total. The second-order valence-electron chi connectivity index (χ2n) is 6.26. The highest BCUT2D eigenvalue weighted by atomic mass is 127. The Hall–Kier alpha value is -0.580. The number of alkyl carbamates (subject to hydrolysis) is 1. The Morgan fingerprint density at radius 2 is 2.17 bits per heavy atom. The van der Waals surface area contributed by atoms with E-state index in [1.54, 1.807) is 33.8 Å². The van der Waals surface area contributed by atoms with E-state index in [-0.39, 0.29) is 5.76 Å². The van der Waals surface area contributed by atoms with Gasteiger partial charge in [-0.25, -0.2) is 9.78 Å². The van der Waals surface area contributed by atoms with E-state index in [9.17, 15) is 9.90 Å². The molecule has 2 heterocycles. The topological polar surface area (TPSA) is 84.6 Å². The van der Waals surface area contributed by atoms with Gasteiger partial charge in [-0.3, -0.25) is 0 Å². The van der Waals surface area contributed by atoms with Crippen LogP contribution in [0.4, 0.5) is 4.79 Å². The van der Waals surface area contributed by atoms with Gasteiger partial charge in [-0.05, 0) is 72.3 Å². The summed E-state index contributed by atoms with van der Waals surface area (Å²) in [6.07, 6.45) is -1.70. The molecule has 0 bridgehead atoms. The van der Waals surface area contributed by atoms with Crippen molar-refractivity contribution in [2.24, 2.45) is 0 Å². The summed E-state index contributed by atoms with van der Waals surface area (Å²) < 4.78 is 12.2. The first-order chi connectivity index (χ1) is 11.0. The van der Waals surface area contributed by atoms with Crippen LogP contribution in [0.2, 0.25) is 5.15 Å². The normalized spacial score (nSPS) is 14.5. The van der Waals surface area contributed by atoms with E-state index in [1.165, 1.54) is 0 Å². The monoisotopic (exact) mass is 530 g/mol. The van der Waals surface area contributed by atoms with Gasteiger partial charge in [-0.15, -0.1) is 0 Å². The molecule has 9 heteroatoms. The Kier molecular flexibility index (Phi) is 6.04. The predicted molar refractivity (Wildman–Crippen MR) is 103 cm³/mol. The minimum atomic E-state index is -1.09. The minimum absolute atomic E-state index is 0.265. The van der Waals surface area contributed by atoms with E-state index in [2.05, 4.69) is 48.8 Å². The van der Waals surface area contributed by atoms with Crippen LogP contribution in [0.25, 0.3) is 11.1 Å². The standard InChI is InChI=1S/C15H17BrClIN2O4/c1-6(19-14(22)24-15(2,3)4)11(21)13-9(16)10-12(23-13)7(18)5-8(17)20-10/h5-6,11,21H,1-4H3,(H,19,22)/t6-,11?/m0/s1. The lowest BCUT2D eigenvalue weighted by Gasteiger charge is -2.23. The molecule has 0 fully saturated rings. The third-order valence-electron chi connectivity index (χ3n) is 3.02. The smallest absolute Gasteiger partial charge is 0.407 e. The van der Waals surface area contributed by atoms with Gasteiger partial charge in [-0.1, -0.05) is 11.6 Å². The Labute approximate surface area is 166 Å². The number of fused-ring (bicyclic) bond motifs is 1. The van der Waals surface area contributed by atoms with Gasteiger partial charge in [0.25, 0.3) is 0 Å². The van der Waals surface area contributed by atoms with E-state index in [0.717, 1.165) is 3.57 Å². The number of ether oxygens (including phenoxy) is 1. The van der Waals surface area contributed by atoms with Crippen molar-refractivity contribution in [2.75, 3.05) is 0 Å². The van der Waals surface area contributed by atoms with Crippen LogP contribution >= 0.6 is 50.1 Å². The van der Waals surface area contributed by atoms with E-state index >= 15 is 0 Å². The number of carbonyl (C=O) groups is 1. The number of nitrogens with one attached hydrogen (secondary N) is 1. The Bertz CT molecular complexity index is 775. The molecule has 132 valence electrons. The lowest BCUT2D eigenvalue weighted by molar-refractivity contribution is 0.0416. The second kappa shape index (κ2) is 7.35. The Balaban J connectivity index is 2.25. The number of hydrogen-bond acceptors (Lipinski definition) is 5. The highest BCUT2D eigenvalue weighted by Crippen LogP contribution is 2.37. The van der Waals surface area contributed by atoms with E-state index < -0.39 is 23.8 Å². The fourth-order valence-corrected chi connectivity index (χ4v) is 3.60. The quantitative estimate of drug-likeness (QED) is 0.439. The van der Waals surface area contributed by atoms with Crippen molar-refractivity contribution in [2.45, 2.75) is 45.4 Å². The number of aliphatic hydroxyl groups is 1. The SMILES string of the molecule is C[C@H](NC(=O)OC(C)(C)C)C(O)c1oc2c(I)cc(Cl)nc2c1Br. The molecule has 2 aromatic rings. The number of furan rings is 1. The second-order valence-corrected chi connectivity index (χ2v) is 8.61. The Morgan fingerprint density at radius 1 is 1.54 bits per heavy atom. The lowest BCUT2D eigenvalue weighted by Crippen LogP contribution is -2.40. The lowest BCUT2D eigenvalue weighted by atomic mass is 10.1. The molecule has 2 aromatic heterocycles. The zero-order chi connectivity index (χ0) is 18.2. The number of aliphatic hydroxyl groups excluding tert-OH is 1. The minimum Gasteiger partial charge on any atom is -0.454 e. The van der Waals surface area contributed by atoms with Crippen molar-refractivity contribution in [3.63, 3.8) is 0 Å². The van der Waals surface area contributed by atoms with Crippen LogP contribution in [0.3, 0.4) is 0 Å². The summed E-state index contributed by atoms with van der Waals surface area (Å²) in [6, 6.07) is 1.03. The molecule has 0 aliphatic carbocycles. The fourth-order valence-electron chi connectivity index (χ4n) is 1.98. The van der Waals surface area contributed by atoms with E-state index in [4.69, 9.17) is 20.8 Å². The maximum absolute atomic E-state index is 11.8. The summed E-state index contributed by atoms with van der Waals surface area (Å²) in [6.45, 7) is 6.95. The maximum atomic E-state index is 11.8. The van der Waals surface area contributed by atoms with Crippen LogP contribution < -0.4 is 5.32 Å². The van der Waals surface area contributed by atoms with Crippen molar-refractivity contribution < 1.29 is 19.1 Å². The van der Waals surface area contributed by atoms with Gasteiger partial charge in [0.2, 0.25) is 0 Å². The van der Waals surface area contributed by atoms with Crippen molar-refractivity contribution in [3.8, 4) is 0 Å². The molecule has 2 atom stereocenters. The molecule has 0 saturated heterocycles. The van der Waals surface area contributed by atoms with Gasteiger partial charge in [0.1, 0.15) is 22.4 Å². The molecular weight excluding hydrogens is 514 g/mol. The van der Waals surface area contributed by atoms with Gasteiger partial charge in [0, 0.05) is 0 Å². The predicted octanol–water partition coefficient (Wildman–Crippen LogP) is 4.79. The van der Waals surface area contributed by atoms with Crippen molar-refractivity contribution in [3.05, 3.63) is 25.0 Å². The Morgan fingerprint density at radius 3 is 2.75 bits per heavy atom. The summed E-state index contributed by atoms with van der Waals surface area (Å²) in [7, 11) is 0. The average Bonchev–Trinajstić information content (AvgIpc) is 2.73. The van der Waals surface area contributed by atoms with Gasteiger partial charge in [0.05, 0.1) is 14.1 Å². The zero-order valence-electron chi connectivity index (χ0n) is 13.5. The van der Waals surface area contributed by atoms with Crippen LogP contribution in [0.1, 0.15) is 39.6 Å². The molecule has 2 rings (SSSR count). The van der Waals surface area contributed by atoms with Gasteiger partial charge < -0.3 is 19.6 Å². The van der Waals surface area contributed by atoms with Gasteiger partial charge in [0.15, 0.2) is 11.3 Å². The summed E-state index contributed by atoms with van der Waals surface area (Å²) in [5, 5.41) is 13.4. The molecule has 1 unspecified atom stereocenters. The molecule has 6 nitrogen and oxygen atoms in total. The van der Waals surface area contributed by atoms with Crippen molar-refractivity contribution >= 4 is 67.3 Å². The third-order valence-corrected chi connectivity index (χ3v) is 4.78. The number of hydrogen-bond donors (Lipinski definition) is 2. The van der Waals surface area contributed by atoms with Crippen LogP contribution in [0.5, 0.6) is 0 Å². The van der Waals surface area contributed by atoms with Gasteiger partial charge in [-0.2, -0.15) is 0 Å². The van der Waals surface area contributed by atoms with Crippen molar-refractivity contribution in [1.82, 2.24) is 10.3 Å². The molecule has 0 radical (unpaired) electrons. The van der Waals surface area contributed by atoms with Crippen LogP contribution in [0, 0.1) is 3.57 Å². The molecule has 24 heavy (non-hydrogen) atoms. The average molecular weight is 532 g/mol. The summed E-state index contributed by atoms with van der Waals surface area (Å²) >= 11 is 11.4. The fraction of sp³-hybridized carbons (Fsp3) is 0.467. The molecule has 0 aliphatic rings. The molecule has 1 amide bonds. The largest absolute Gasteiger partial charge is 0.454 e. The zero-order valence-corrected chi connectivity index (χ0v) is 18.0. The van der Waals surface area contributed by atoms with E-state index in [1.807, 2.05) is 0 Å². The summed E-state index contributed by atoms with van der Waals surface area (Å²) in [5.74, 6) is 0.265. The van der Waals surface area contributed by atoms with Crippen LogP contribution in [-0.4, -0.2) is 27.8 Å². The molecule has 0 spiro atoms. The highest BCUT2D eigenvalue weighted by Gasteiger charge is 2.28. The molecule has 0 aliphatic heterocycles. The number of amides is 1. The first-order valence-corrected chi connectivity index (χ1v) is 9.36. The maximum Gasteiger partial charge on any atom is 0.407 e. The number of rotatable bonds is 3. The number of pyridine rings is 1. The summed E-state index contributed by atoms with van der Waals surface area (Å²) in [4.78, 5) is 16.0. The highest BCUT2D eigenvalue weighted by molar-refractivity contribution is 14.1. The van der Waals surface area contributed by atoms with E-state index in [0.29, 0.717) is 20.7 Å². The number of halogens is 3. The number of aromatic nitrogens is 1. The molecule has 0 aromatic carbocycles.